The van der Waals surface area contributed by atoms with Crippen molar-refractivity contribution < 1.29 is 22.3 Å². The Labute approximate surface area is 163 Å². The summed E-state index contributed by atoms with van der Waals surface area (Å²) in [6.07, 6.45) is -1.00. The topological polar surface area (TPSA) is 69.6 Å². The Balaban J connectivity index is 1.65. The number of halogens is 2. The van der Waals surface area contributed by atoms with Crippen molar-refractivity contribution in [1.82, 2.24) is 10.2 Å². The predicted molar refractivity (Wildman–Crippen MR) is 103 cm³/mol. The average molecular weight is 410 g/mol. The van der Waals surface area contributed by atoms with Crippen molar-refractivity contribution in [3.63, 3.8) is 0 Å². The molecule has 2 aromatic rings. The number of aliphatic hydroxyl groups is 1. The van der Waals surface area contributed by atoms with Crippen molar-refractivity contribution in [1.29, 1.82) is 0 Å². The van der Waals surface area contributed by atoms with Crippen LogP contribution in [-0.2, 0) is 22.9 Å². The monoisotopic (exact) mass is 410 g/mol. The van der Waals surface area contributed by atoms with Crippen molar-refractivity contribution in [2.45, 2.75) is 25.2 Å². The number of hydrogen-bond acceptors (Lipinski definition) is 5. The zero-order valence-corrected chi connectivity index (χ0v) is 16.2. The van der Waals surface area contributed by atoms with E-state index in [4.69, 9.17) is 0 Å². The molecule has 0 spiro atoms. The summed E-state index contributed by atoms with van der Waals surface area (Å²) in [6, 6.07) is 12.0. The third kappa shape index (κ3) is 5.57. The van der Waals surface area contributed by atoms with E-state index in [1.807, 2.05) is 0 Å². The van der Waals surface area contributed by atoms with Gasteiger partial charge in [-0.15, -0.1) is 0 Å². The van der Waals surface area contributed by atoms with Crippen LogP contribution in [0.25, 0.3) is 0 Å². The van der Waals surface area contributed by atoms with E-state index in [9.17, 15) is 22.3 Å². The summed E-state index contributed by atoms with van der Waals surface area (Å²) < 4.78 is 51.1. The highest BCUT2D eigenvalue weighted by Crippen LogP contribution is 2.21. The standard InChI is InChI=1S/C20H24F2N2O3S/c21-17-6-3-4-15(10-17)11-23-8-9-24(12-16-5-1-2-7-18(16)22)19-13-28(26,27)14-20(19)25/h1-7,10,19-20,23,25H,8-9,11-14H2/t19-,20+/m1/s1. The lowest BCUT2D eigenvalue weighted by atomic mass is 10.1. The first-order valence-corrected chi connectivity index (χ1v) is 11.0. The molecule has 8 heteroatoms. The lowest BCUT2D eigenvalue weighted by Crippen LogP contribution is -2.45. The van der Waals surface area contributed by atoms with Crippen LogP contribution in [0.1, 0.15) is 11.1 Å². The fraction of sp³-hybridized carbons (Fsp3) is 0.400. The minimum atomic E-state index is -3.32. The van der Waals surface area contributed by atoms with E-state index in [2.05, 4.69) is 5.32 Å². The maximum Gasteiger partial charge on any atom is 0.154 e. The molecule has 0 saturated carbocycles. The Morgan fingerprint density at radius 2 is 1.89 bits per heavy atom. The normalized spacial score (nSPS) is 21.3. The molecule has 0 amide bonds. The van der Waals surface area contributed by atoms with E-state index in [1.165, 1.54) is 18.2 Å². The van der Waals surface area contributed by atoms with Crippen molar-refractivity contribution in [3.8, 4) is 0 Å². The van der Waals surface area contributed by atoms with Gasteiger partial charge < -0.3 is 10.4 Å². The number of nitrogens with zero attached hydrogens (tertiary/aromatic N) is 1. The Bertz CT molecular complexity index is 908. The average Bonchev–Trinajstić information content (AvgIpc) is 2.92. The van der Waals surface area contributed by atoms with Gasteiger partial charge in [0.1, 0.15) is 11.6 Å². The molecule has 0 aliphatic carbocycles. The largest absolute Gasteiger partial charge is 0.390 e. The van der Waals surface area contributed by atoms with Gasteiger partial charge in [0, 0.05) is 31.7 Å². The van der Waals surface area contributed by atoms with Gasteiger partial charge in [0.2, 0.25) is 0 Å². The summed E-state index contributed by atoms with van der Waals surface area (Å²) in [5.74, 6) is -1.09. The second-order valence-electron chi connectivity index (χ2n) is 7.08. The van der Waals surface area contributed by atoms with Gasteiger partial charge in [-0.1, -0.05) is 30.3 Å². The minimum Gasteiger partial charge on any atom is -0.390 e. The lowest BCUT2D eigenvalue weighted by Gasteiger charge is -2.30. The van der Waals surface area contributed by atoms with Gasteiger partial charge in [-0.3, -0.25) is 4.90 Å². The summed E-state index contributed by atoms with van der Waals surface area (Å²) in [5.41, 5.74) is 1.24. The maximum absolute atomic E-state index is 14.1. The molecule has 1 saturated heterocycles. The van der Waals surface area contributed by atoms with Gasteiger partial charge in [0.15, 0.2) is 9.84 Å². The fourth-order valence-electron chi connectivity index (χ4n) is 3.47. The van der Waals surface area contributed by atoms with Gasteiger partial charge in [-0.05, 0) is 23.8 Å². The van der Waals surface area contributed by atoms with E-state index < -0.39 is 22.0 Å². The molecule has 2 N–H and O–H groups in total. The lowest BCUT2D eigenvalue weighted by molar-refractivity contribution is 0.0779. The van der Waals surface area contributed by atoms with Crippen LogP contribution in [-0.4, -0.2) is 55.2 Å². The molecule has 1 aliphatic heterocycles. The van der Waals surface area contributed by atoms with Crippen LogP contribution in [0.5, 0.6) is 0 Å². The summed E-state index contributed by atoms with van der Waals surface area (Å²) in [4.78, 5) is 1.80. The smallest absolute Gasteiger partial charge is 0.154 e. The van der Waals surface area contributed by atoms with Gasteiger partial charge >= 0.3 is 0 Å². The molecule has 0 bridgehead atoms. The minimum absolute atomic E-state index is 0.146. The highest BCUT2D eigenvalue weighted by Gasteiger charge is 2.39. The summed E-state index contributed by atoms with van der Waals surface area (Å²) in [7, 11) is -3.32. The van der Waals surface area contributed by atoms with Crippen molar-refractivity contribution in [2.24, 2.45) is 0 Å². The van der Waals surface area contributed by atoms with E-state index >= 15 is 0 Å². The first-order valence-electron chi connectivity index (χ1n) is 9.15. The van der Waals surface area contributed by atoms with Gasteiger partial charge in [-0.2, -0.15) is 0 Å². The quantitative estimate of drug-likeness (QED) is 0.649. The molecule has 2 atom stereocenters. The molecule has 3 rings (SSSR count). The van der Waals surface area contributed by atoms with E-state index in [-0.39, 0.29) is 29.7 Å². The molecule has 28 heavy (non-hydrogen) atoms. The van der Waals surface area contributed by atoms with Crippen LogP contribution in [0.4, 0.5) is 8.78 Å². The molecule has 2 aromatic carbocycles. The van der Waals surface area contributed by atoms with Crippen molar-refractivity contribution in [3.05, 3.63) is 71.3 Å². The SMILES string of the molecule is O=S1(=O)C[C@@H](N(CCNCc2cccc(F)c2)Cc2ccccc2F)[C@@H](O)C1. The van der Waals surface area contributed by atoms with Crippen LogP contribution < -0.4 is 5.32 Å². The third-order valence-electron chi connectivity index (χ3n) is 4.89. The molecule has 5 nitrogen and oxygen atoms in total. The highest BCUT2D eigenvalue weighted by atomic mass is 32.2. The molecule has 1 heterocycles. The van der Waals surface area contributed by atoms with Crippen LogP contribution >= 0.6 is 0 Å². The summed E-state index contributed by atoms with van der Waals surface area (Å²) in [5, 5.41) is 13.4. The zero-order chi connectivity index (χ0) is 20.1. The van der Waals surface area contributed by atoms with E-state index in [0.29, 0.717) is 25.2 Å². The Kier molecular flexibility index (Phi) is 6.77. The second kappa shape index (κ2) is 9.09. The third-order valence-corrected chi connectivity index (χ3v) is 6.59. The Hall–Kier alpha value is -1.87. The maximum atomic E-state index is 14.1. The molecular weight excluding hydrogens is 386 g/mol. The molecule has 152 valence electrons. The number of nitrogens with one attached hydrogen (secondary N) is 1. The molecule has 1 fully saturated rings. The molecule has 0 unspecified atom stereocenters. The van der Waals surface area contributed by atoms with Gasteiger partial charge in [-0.25, -0.2) is 17.2 Å². The summed E-state index contributed by atoms with van der Waals surface area (Å²) in [6.45, 7) is 1.55. The highest BCUT2D eigenvalue weighted by molar-refractivity contribution is 7.91. The first-order chi connectivity index (χ1) is 13.3. The van der Waals surface area contributed by atoms with Crippen LogP contribution in [0.15, 0.2) is 48.5 Å². The van der Waals surface area contributed by atoms with Crippen LogP contribution in [0.3, 0.4) is 0 Å². The van der Waals surface area contributed by atoms with Crippen LogP contribution in [0, 0.1) is 11.6 Å². The van der Waals surface area contributed by atoms with Gasteiger partial charge in [0.05, 0.1) is 23.7 Å². The Morgan fingerprint density at radius 1 is 1.11 bits per heavy atom. The molecule has 0 radical (unpaired) electrons. The van der Waals surface area contributed by atoms with E-state index in [0.717, 1.165) is 5.56 Å². The number of aliphatic hydroxyl groups excluding tert-OH is 1. The van der Waals surface area contributed by atoms with Gasteiger partial charge in [0.25, 0.3) is 0 Å². The number of hydrogen-bond donors (Lipinski definition) is 2. The molecular formula is C20H24F2N2O3S. The fourth-order valence-corrected chi connectivity index (χ4v) is 5.30. The first kappa shape index (κ1) is 20.9. The van der Waals surface area contributed by atoms with Crippen LogP contribution in [0.2, 0.25) is 0 Å². The van der Waals surface area contributed by atoms with E-state index in [1.54, 1.807) is 35.2 Å². The molecule has 0 aromatic heterocycles. The second-order valence-corrected chi connectivity index (χ2v) is 9.23. The molecule has 1 aliphatic rings. The zero-order valence-electron chi connectivity index (χ0n) is 15.4. The predicted octanol–water partition coefficient (Wildman–Crippen LogP) is 1.71. The Morgan fingerprint density at radius 3 is 2.57 bits per heavy atom. The summed E-state index contributed by atoms with van der Waals surface area (Å²) >= 11 is 0. The number of benzene rings is 2. The number of rotatable bonds is 8. The number of sulfone groups is 1. The van der Waals surface area contributed by atoms with Crippen molar-refractivity contribution >= 4 is 9.84 Å². The van der Waals surface area contributed by atoms with Crippen molar-refractivity contribution in [2.75, 3.05) is 24.6 Å².